The summed E-state index contributed by atoms with van der Waals surface area (Å²) in [6.45, 7) is 0.309. The Morgan fingerprint density at radius 2 is 2.00 bits per heavy atom. The van der Waals surface area contributed by atoms with Crippen LogP contribution >= 0.6 is 11.3 Å². The minimum Gasteiger partial charge on any atom is -0.486 e. The number of hydrogen-bond acceptors (Lipinski definition) is 4. The first-order valence-electron chi connectivity index (χ1n) is 6.63. The summed E-state index contributed by atoms with van der Waals surface area (Å²) >= 11 is 1.23. The summed E-state index contributed by atoms with van der Waals surface area (Å²) in [4.78, 5) is 14.8. The van der Waals surface area contributed by atoms with Crippen LogP contribution in [-0.2, 0) is 6.61 Å². The Morgan fingerprint density at radius 3 is 2.68 bits per heavy atom. The molecule has 3 rings (SSSR count). The summed E-state index contributed by atoms with van der Waals surface area (Å²) in [5, 5.41) is 2.10. The van der Waals surface area contributed by atoms with Gasteiger partial charge in [0.05, 0.1) is 5.69 Å². The number of aromatic nitrogens is 1. The maximum atomic E-state index is 14.1. The van der Waals surface area contributed by atoms with Gasteiger partial charge in [0, 0.05) is 10.9 Å². The lowest BCUT2D eigenvalue weighted by molar-refractivity contribution is 0.112. The van der Waals surface area contributed by atoms with Gasteiger partial charge >= 0.3 is 0 Å². The first-order chi connectivity index (χ1) is 10.8. The van der Waals surface area contributed by atoms with Gasteiger partial charge in [0.25, 0.3) is 0 Å². The zero-order valence-electron chi connectivity index (χ0n) is 11.5. The summed E-state index contributed by atoms with van der Waals surface area (Å²) in [6, 6.07) is 14.2. The van der Waals surface area contributed by atoms with Crippen LogP contribution in [0, 0.1) is 5.82 Å². The zero-order valence-corrected chi connectivity index (χ0v) is 12.3. The summed E-state index contributed by atoms with van der Waals surface area (Å²) in [5.74, 6) is -0.257. The molecule has 22 heavy (non-hydrogen) atoms. The van der Waals surface area contributed by atoms with Crippen LogP contribution in [0.3, 0.4) is 0 Å². The lowest BCUT2D eigenvalue weighted by Crippen LogP contribution is -1.97. The smallest absolute Gasteiger partial charge is 0.178 e. The molecule has 0 saturated carbocycles. The van der Waals surface area contributed by atoms with Crippen LogP contribution in [0.15, 0.2) is 53.9 Å². The van der Waals surface area contributed by atoms with Gasteiger partial charge in [-0.05, 0) is 23.8 Å². The van der Waals surface area contributed by atoms with Crippen molar-refractivity contribution in [2.75, 3.05) is 0 Å². The fourth-order valence-corrected chi connectivity index (χ4v) is 2.61. The molecule has 0 aliphatic carbocycles. The minimum absolute atomic E-state index is 0.193. The molecule has 0 N–H and O–H groups in total. The van der Waals surface area contributed by atoms with E-state index >= 15 is 0 Å². The molecule has 0 fully saturated rings. The van der Waals surface area contributed by atoms with E-state index in [2.05, 4.69) is 4.98 Å². The lowest BCUT2D eigenvalue weighted by Gasteiger charge is -2.08. The highest BCUT2D eigenvalue weighted by Crippen LogP contribution is 2.27. The van der Waals surface area contributed by atoms with Crippen LogP contribution < -0.4 is 4.74 Å². The van der Waals surface area contributed by atoms with Gasteiger partial charge < -0.3 is 4.74 Å². The fraction of sp³-hybridized carbons (Fsp3) is 0.0588. The number of halogens is 1. The highest BCUT2D eigenvalue weighted by atomic mass is 32.1. The Balaban J connectivity index is 1.76. The van der Waals surface area contributed by atoms with Crippen molar-refractivity contribution in [1.82, 2.24) is 4.98 Å². The maximum Gasteiger partial charge on any atom is 0.178 e. The molecule has 0 saturated heterocycles. The van der Waals surface area contributed by atoms with Crippen molar-refractivity contribution in [1.29, 1.82) is 0 Å². The van der Waals surface area contributed by atoms with Crippen molar-refractivity contribution in [2.45, 2.75) is 6.61 Å². The second-order valence-electron chi connectivity index (χ2n) is 4.61. The van der Waals surface area contributed by atoms with E-state index in [9.17, 15) is 9.18 Å². The number of carbonyl (C=O) groups is 1. The van der Waals surface area contributed by atoms with E-state index < -0.39 is 5.82 Å². The average Bonchev–Trinajstić information content (AvgIpc) is 3.04. The topological polar surface area (TPSA) is 39.2 Å². The zero-order chi connectivity index (χ0) is 15.4. The third kappa shape index (κ3) is 3.20. The Hall–Kier alpha value is -2.53. The van der Waals surface area contributed by atoms with Gasteiger partial charge in [-0.2, -0.15) is 0 Å². The van der Waals surface area contributed by atoms with E-state index in [1.807, 2.05) is 30.3 Å². The molecular weight excluding hydrogens is 301 g/mol. The second-order valence-corrected chi connectivity index (χ2v) is 5.50. The van der Waals surface area contributed by atoms with Crippen molar-refractivity contribution >= 4 is 17.6 Å². The molecule has 0 bridgehead atoms. The average molecular weight is 313 g/mol. The molecule has 3 nitrogen and oxygen atoms in total. The van der Waals surface area contributed by atoms with E-state index in [-0.39, 0.29) is 5.75 Å². The van der Waals surface area contributed by atoms with Crippen LogP contribution in [-0.4, -0.2) is 11.3 Å². The van der Waals surface area contributed by atoms with Gasteiger partial charge in [0.15, 0.2) is 22.9 Å². The van der Waals surface area contributed by atoms with Crippen molar-refractivity contribution < 1.29 is 13.9 Å². The van der Waals surface area contributed by atoms with E-state index in [4.69, 9.17) is 4.74 Å². The van der Waals surface area contributed by atoms with Crippen molar-refractivity contribution in [3.63, 3.8) is 0 Å². The molecule has 0 aliphatic rings. The molecule has 0 amide bonds. The molecule has 3 aromatic rings. The lowest BCUT2D eigenvalue weighted by atomic mass is 10.1. The number of thiazole rings is 1. The van der Waals surface area contributed by atoms with Crippen molar-refractivity contribution in [2.24, 2.45) is 0 Å². The first kappa shape index (κ1) is 14.4. The first-order valence-corrected chi connectivity index (χ1v) is 7.51. The molecule has 0 atom stereocenters. The molecule has 0 radical (unpaired) electrons. The highest BCUT2D eigenvalue weighted by Gasteiger charge is 2.09. The number of carbonyl (C=O) groups excluding carboxylic acids is 1. The Bertz CT molecular complexity index is 786. The molecule has 0 unspecified atom stereocenters. The predicted molar refractivity (Wildman–Crippen MR) is 83.7 cm³/mol. The number of ether oxygens (including phenoxy) is 1. The standard InChI is InChI=1S/C17H12FNO2S/c18-14-8-13(15-11-22-17(9-20)19-15)6-7-16(14)21-10-12-4-2-1-3-5-12/h1-9,11H,10H2. The van der Waals surface area contributed by atoms with Gasteiger partial charge in [-0.1, -0.05) is 30.3 Å². The van der Waals surface area contributed by atoms with E-state index in [0.717, 1.165) is 5.56 Å². The molecule has 0 spiro atoms. The van der Waals surface area contributed by atoms with Crippen molar-refractivity contribution in [3.8, 4) is 17.0 Å². The van der Waals surface area contributed by atoms with Crippen LogP contribution in [0.5, 0.6) is 5.75 Å². The summed E-state index contributed by atoms with van der Waals surface area (Å²) in [7, 11) is 0. The summed E-state index contributed by atoms with van der Waals surface area (Å²) < 4.78 is 19.6. The van der Waals surface area contributed by atoms with E-state index in [0.29, 0.717) is 29.2 Å². The van der Waals surface area contributed by atoms with Crippen molar-refractivity contribution in [3.05, 3.63) is 70.3 Å². The number of nitrogens with zero attached hydrogens (tertiary/aromatic N) is 1. The maximum absolute atomic E-state index is 14.1. The normalized spacial score (nSPS) is 10.4. The van der Waals surface area contributed by atoms with Crippen LogP contribution in [0.25, 0.3) is 11.3 Å². The van der Waals surface area contributed by atoms with Crippen LogP contribution in [0.1, 0.15) is 15.4 Å². The third-order valence-corrected chi connectivity index (χ3v) is 3.86. The van der Waals surface area contributed by atoms with E-state index in [1.165, 1.54) is 17.4 Å². The number of benzene rings is 2. The Morgan fingerprint density at radius 1 is 1.18 bits per heavy atom. The minimum atomic E-state index is -0.450. The number of aldehydes is 1. The van der Waals surface area contributed by atoms with Crippen LogP contribution in [0.4, 0.5) is 4.39 Å². The van der Waals surface area contributed by atoms with Gasteiger partial charge in [-0.3, -0.25) is 4.79 Å². The molecular formula is C17H12FNO2S. The molecule has 110 valence electrons. The van der Waals surface area contributed by atoms with Gasteiger partial charge in [0.2, 0.25) is 0 Å². The monoisotopic (exact) mass is 313 g/mol. The molecule has 2 aromatic carbocycles. The second kappa shape index (κ2) is 6.49. The van der Waals surface area contributed by atoms with Gasteiger partial charge in [-0.25, -0.2) is 9.37 Å². The number of rotatable bonds is 5. The Labute approximate surface area is 131 Å². The largest absolute Gasteiger partial charge is 0.486 e. The fourth-order valence-electron chi connectivity index (χ4n) is 1.99. The highest BCUT2D eigenvalue weighted by molar-refractivity contribution is 7.11. The quantitative estimate of drug-likeness (QED) is 0.658. The molecule has 0 aliphatic heterocycles. The third-order valence-electron chi connectivity index (χ3n) is 3.09. The SMILES string of the molecule is O=Cc1nc(-c2ccc(OCc3ccccc3)c(F)c2)cs1. The number of hydrogen-bond donors (Lipinski definition) is 0. The Kier molecular flexibility index (Phi) is 4.25. The van der Waals surface area contributed by atoms with Gasteiger partial charge in [0.1, 0.15) is 6.61 Å². The molecule has 1 aromatic heterocycles. The molecule has 1 heterocycles. The summed E-state index contributed by atoms with van der Waals surface area (Å²) in [5.41, 5.74) is 2.18. The predicted octanol–water partition coefficient (Wildman–Crippen LogP) is 4.34. The molecule has 5 heteroatoms. The van der Waals surface area contributed by atoms with Gasteiger partial charge in [-0.15, -0.1) is 11.3 Å². The van der Waals surface area contributed by atoms with Crippen LogP contribution in [0.2, 0.25) is 0 Å². The van der Waals surface area contributed by atoms with E-state index in [1.54, 1.807) is 17.5 Å². The summed E-state index contributed by atoms with van der Waals surface area (Å²) in [6.07, 6.45) is 0.682.